The van der Waals surface area contributed by atoms with E-state index in [0.717, 1.165) is 42.6 Å². The van der Waals surface area contributed by atoms with Crippen molar-refractivity contribution in [1.82, 2.24) is 9.97 Å². The molecule has 3 aromatic rings. The molecule has 34 heavy (non-hydrogen) atoms. The second kappa shape index (κ2) is 10.0. The maximum atomic E-state index is 12.8. The van der Waals surface area contributed by atoms with E-state index in [-0.39, 0.29) is 0 Å². The van der Waals surface area contributed by atoms with Gasteiger partial charge in [-0.25, -0.2) is 4.98 Å². The zero-order valence-electron chi connectivity index (χ0n) is 20.2. The Labute approximate surface area is 201 Å². The summed E-state index contributed by atoms with van der Waals surface area (Å²) in [5.74, 6) is 1.43. The van der Waals surface area contributed by atoms with E-state index in [9.17, 15) is 4.57 Å². The Kier molecular flexibility index (Phi) is 7.10. The van der Waals surface area contributed by atoms with E-state index >= 15 is 0 Å². The summed E-state index contributed by atoms with van der Waals surface area (Å²) in [6, 6.07) is 14.1. The Morgan fingerprint density at radius 3 is 2.53 bits per heavy atom. The molecule has 0 amide bonds. The van der Waals surface area contributed by atoms with Crippen LogP contribution in [0, 0.1) is 6.92 Å². The van der Waals surface area contributed by atoms with Gasteiger partial charge in [0.2, 0.25) is 5.95 Å². The lowest BCUT2D eigenvalue weighted by Crippen LogP contribution is -2.39. The molecule has 2 aromatic carbocycles. The minimum Gasteiger partial charge on any atom is -0.491 e. The number of rotatable bonds is 7. The van der Waals surface area contributed by atoms with Crippen molar-refractivity contribution in [2.45, 2.75) is 25.8 Å². The van der Waals surface area contributed by atoms with Crippen molar-refractivity contribution < 1.29 is 9.30 Å². The predicted molar refractivity (Wildman–Crippen MR) is 141 cm³/mol. The number of nitrogens with one attached hydrogen (secondary N) is 2. The molecular weight excluding hydrogens is 447 g/mol. The zero-order chi connectivity index (χ0) is 24.3. The van der Waals surface area contributed by atoms with Gasteiger partial charge < -0.3 is 30.6 Å². The molecule has 0 atom stereocenters. The molecule has 0 saturated carbocycles. The molecule has 9 heteroatoms. The number of ether oxygens (including phenoxy) is 1. The fourth-order valence-corrected chi connectivity index (χ4v) is 5.36. The summed E-state index contributed by atoms with van der Waals surface area (Å²) in [6.45, 7) is 7.58. The van der Waals surface area contributed by atoms with Crippen LogP contribution in [0.4, 0.5) is 28.8 Å². The van der Waals surface area contributed by atoms with Gasteiger partial charge in [0, 0.05) is 35.8 Å². The number of nitrogens with two attached hydrogens (primary N) is 1. The summed E-state index contributed by atoms with van der Waals surface area (Å²) in [5, 5.41) is 7.34. The fraction of sp³-hybridized carbons (Fsp3) is 0.360. The van der Waals surface area contributed by atoms with Crippen LogP contribution >= 0.6 is 7.14 Å². The van der Waals surface area contributed by atoms with Crippen LogP contribution in [0.5, 0.6) is 5.75 Å². The van der Waals surface area contributed by atoms with Crippen LogP contribution < -0.4 is 31.3 Å². The number of para-hydroxylation sites is 1. The minimum absolute atomic E-state index is 0.307. The van der Waals surface area contributed by atoms with E-state index in [1.54, 1.807) is 26.6 Å². The second-order valence-electron chi connectivity index (χ2n) is 9.05. The van der Waals surface area contributed by atoms with Crippen molar-refractivity contribution in [3.8, 4) is 5.75 Å². The highest BCUT2D eigenvalue weighted by atomic mass is 31.2. The maximum Gasteiger partial charge on any atom is 0.229 e. The van der Waals surface area contributed by atoms with Gasteiger partial charge in [-0.15, -0.1) is 0 Å². The molecule has 0 aliphatic carbocycles. The molecule has 4 rings (SSSR count). The van der Waals surface area contributed by atoms with E-state index < -0.39 is 7.14 Å². The monoisotopic (exact) mass is 480 g/mol. The number of piperidine rings is 1. The highest BCUT2D eigenvalue weighted by molar-refractivity contribution is 7.70. The molecule has 0 unspecified atom stereocenters. The molecule has 1 aliphatic rings. The van der Waals surface area contributed by atoms with Crippen molar-refractivity contribution in [1.29, 1.82) is 0 Å². The zero-order valence-corrected chi connectivity index (χ0v) is 21.1. The summed E-state index contributed by atoms with van der Waals surface area (Å²) >= 11 is 0. The maximum absolute atomic E-state index is 12.8. The van der Waals surface area contributed by atoms with Crippen LogP contribution in [0.15, 0.2) is 48.7 Å². The first kappa shape index (κ1) is 24.0. The highest BCUT2D eigenvalue weighted by Crippen LogP contribution is 2.39. The number of methoxy groups -OCH3 is 1. The second-order valence-corrected chi connectivity index (χ2v) is 12.2. The summed E-state index contributed by atoms with van der Waals surface area (Å²) in [5.41, 5.74) is 10.1. The first-order chi connectivity index (χ1) is 16.2. The van der Waals surface area contributed by atoms with Crippen LogP contribution in [0.25, 0.3) is 0 Å². The number of benzene rings is 2. The van der Waals surface area contributed by atoms with Crippen LogP contribution in [0.2, 0.25) is 0 Å². The van der Waals surface area contributed by atoms with E-state index in [0.29, 0.717) is 23.6 Å². The van der Waals surface area contributed by atoms with Crippen molar-refractivity contribution in [3.63, 3.8) is 0 Å². The van der Waals surface area contributed by atoms with Gasteiger partial charge in [-0.2, -0.15) is 4.98 Å². The molecule has 4 N–H and O–H groups in total. The topological polar surface area (TPSA) is 105 Å². The van der Waals surface area contributed by atoms with Gasteiger partial charge in [-0.05, 0) is 69.0 Å². The van der Waals surface area contributed by atoms with Crippen molar-refractivity contribution >= 4 is 41.3 Å². The van der Waals surface area contributed by atoms with E-state index in [1.807, 2.05) is 30.3 Å². The van der Waals surface area contributed by atoms with Crippen molar-refractivity contribution in [2.24, 2.45) is 5.73 Å². The molecule has 8 nitrogen and oxygen atoms in total. The third-order valence-electron chi connectivity index (χ3n) is 6.05. The lowest BCUT2D eigenvalue weighted by molar-refractivity contribution is 0.413. The summed E-state index contributed by atoms with van der Waals surface area (Å²) in [7, 11) is -0.909. The third kappa shape index (κ3) is 5.51. The Morgan fingerprint density at radius 1 is 1.12 bits per heavy atom. The number of nitrogens with zero attached hydrogens (tertiary/aromatic N) is 3. The Balaban J connectivity index is 1.56. The molecule has 0 radical (unpaired) electrons. The summed E-state index contributed by atoms with van der Waals surface area (Å²) in [6.07, 6.45) is 3.66. The smallest absolute Gasteiger partial charge is 0.229 e. The average molecular weight is 481 g/mol. The third-order valence-corrected chi connectivity index (χ3v) is 7.60. The SMILES string of the molecule is COc1cnc(Nc2ccc(N3CCC(N)CC3)c(C)c2)nc1Nc1ccccc1P(C)(C)=O. The van der Waals surface area contributed by atoms with Gasteiger partial charge in [-0.1, -0.05) is 12.1 Å². The van der Waals surface area contributed by atoms with E-state index in [1.165, 1.54) is 11.3 Å². The molecule has 1 aromatic heterocycles. The predicted octanol–water partition coefficient (Wildman–Crippen LogP) is 4.46. The van der Waals surface area contributed by atoms with Crippen LogP contribution in [-0.2, 0) is 4.57 Å². The Bertz CT molecular complexity index is 1200. The van der Waals surface area contributed by atoms with Gasteiger partial charge in [-0.3, -0.25) is 0 Å². The fourth-order valence-electron chi connectivity index (χ4n) is 4.20. The van der Waals surface area contributed by atoms with Gasteiger partial charge in [0.05, 0.1) is 19.0 Å². The van der Waals surface area contributed by atoms with Gasteiger partial charge in [0.15, 0.2) is 11.6 Å². The van der Waals surface area contributed by atoms with Crippen LogP contribution in [0.1, 0.15) is 18.4 Å². The standard InChI is InChI=1S/C25H33N6O2P/c1-17-15-19(9-10-21(17)31-13-11-18(26)12-14-31)28-25-27-16-22(33-2)24(30-25)29-20-7-5-6-8-23(20)34(3,4)32/h5-10,15-16,18H,11-14,26H2,1-4H3,(H2,27,28,29,30). The summed E-state index contributed by atoms with van der Waals surface area (Å²) < 4.78 is 18.2. The Hall–Kier alpha value is -3.09. The lowest BCUT2D eigenvalue weighted by Gasteiger charge is -2.33. The van der Waals surface area contributed by atoms with Crippen LogP contribution in [-0.4, -0.2) is 49.5 Å². The number of aryl methyl sites for hydroxylation is 1. The first-order valence-corrected chi connectivity index (χ1v) is 14.1. The Morgan fingerprint density at radius 2 is 1.85 bits per heavy atom. The number of hydrogen-bond acceptors (Lipinski definition) is 8. The quantitative estimate of drug-likeness (QED) is 0.426. The van der Waals surface area contributed by atoms with Gasteiger partial charge in [0.25, 0.3) is 0 Å². The normalized spacial score (nSPS) is 14.7. The highest BCUT2D eigenvalue weighted by Gasteiger charge is 2.19. The lowest BCUT2D eigenvalue weighted by atomic mass is 10.0. The molecule has 1 aliphatic heterocycles. The first-order valence-electron chi connectivity index (χ1n) is 11.5. The van der Waals surface area contributed by atoms with E-state index in [4.69, 9.17) is 10.5 Å². The molecule has 0 bridgehead atoms. The summed E-state index contributed by atoms with van der Waals surface area (Å²) in [4.78, 5) is 11.4. The van der Waals surface area contributed by atoms with Crippen molar-refractivity contribution in [2.75, 3.05) is 49.1 Å². The largest absolute Gasteiger partial charge is 0.491 e. The molecule has 180 valence electrons. The molecule has 1 fully saturated rings. The molecular formula is C25H33N6O2P. The van der Waals surface area contributed by atoms with Crippen LogP contribution in [0.3, 0.4) is 0 Å². The number of aromatic nitrogens is 2. The minimum atomic E-state index is -2.48. The van der Waals surface area contributed by atoms with Gasteiger partial charge >= 0.3 is 0 Å². The average Bonchev–Trinajstić information content (AvgIpc) is 2.80. The van der Waals surface area contributed by atoms with E-state index in [2.05, 4.69) is 44.6 Å². The van der Waals surface area contributed by atoms with Crippen molar-refractivity contribution in [3.05, 3.63) is 54.2 Å². The van der Waals surface area contributed by atoms with Gasteiger partial charge in [0.1, 0.15) is 7.14 Å². The number of hydrogen-bond donors (Lipinski definition) is 3. The molecule has 1 saturated heterocycles. The number of anilines is 5. The molecule has 2 heterocycles. The molecule has 0 spiro atoms.